The molecule has 0 spiro atoms. The Labute approximate surface area is 114 Å². The van der Waals surface area contributed by atoms with Crippen molar-refractivity contribution in [3.8, 4) is 0 Å². The number of anilines is 1. The van der Waals surface area contributed by atoms with Crippen LogP contribution in [0.5, 0.6) is 0 Å². The average Bonchev–Trinajstić information content (AvgIpc) is 2.78. The lowest BCUT2D eigenvalue weighted by Gasteiger charge is -2.11. The molecule has 3 nitrogen and oxygen atoms in total. The highest BCUT2D eigenvalue weighted by Gasteiger charge is 2.67. The third-order valence-corrected chi connectivity index (χ3v) is 5.00. The molecule has 0 heterocycles. The van der Waals surface area contributed by atoms with E-state index in [1.54, 1.807) is 7.05 Å². The quantitative estimate of drug-likeness (QED) is 0.615. The Morgan fingerprint density at radius 2 is 1.58 bits per heavy atom. The largest absolute Gasteiger partial charge is 0.318 e. The van der Waals surface area contributed by atoms with Gasteiger partial charge >= 0.3 is 0 Å². The van der Waals surface area contributed by atoms with Crippen LogP contribution < -0.4 is 4.90 Å². The third-order valence-electron chi connectivity index (χ3n) is 5.00. The molecule has 19 heavy (non-hydrogen) atoms. The van der Waals surface area contributed by atoms with Crippen molar-refractivity contribution in [1.82, 2.24) is 0 Å². The van der Waals surface area contributed by atoms with E-state index in [9.17, 15) is 9.59 Å². The maximum absolute atomic E-state index is 12.5. The zero-order valence-electron chi connectivity index (χ0n) is 12.2. The number of ketones is 1. The van der Waals surface area contributed by atoms with Gasteiger partial charge in [0.15, 0.2) is 5.78 Å². The number of rotatable bonds is 4. The van der Waals surface area contributed by atoms with Crippen LogP contribution in [0.4, 0.5) is 5.69 Å². The standard InChI is InChI=1S/C16H21NO2/c1-15(2)14(16(15,3)4)13(19)11-6-8-12(9-7-11)17(5)10-18/h6-10,14H,1-5H3. The first-order chi connectivity index (χ1) is 8.73. The number of hydrogen-bond donors (Lipinski definition) is 0. The molecule has 0 unspecified atom stereocenters. The van der Waals surface area contributed by atoms with Gasteiger partial charge in [-0.2, -0.15) is 0 Å². The fourth-order valence-corrected chi connectivity index (χ4v) is 2.94. The summed E-state index contributed by atoms with van der Waals surface area (Å²) in [4.78, 5) is 24.7. The molecule has 1 aliphatic carbocycles. The molecule has 1 aliphatic rings. The molecule has 3 heteroatoms. The van der Waals surface area contributed by atoms with E-state index in [-0.39, 0.29) is 22.5 Å². The summed E-state index contributed by atoms with van der Waals surface area (Å²) in [6.45, 7) is 8.57. The van der Waals surface area contributed by atoms with Crippen LogP contribution in [0, 0.1) is 16.7 Å². The lowest BCUT2D eigenvalue weighted by molar-refractivity contribution is -0.107. The number of nitrogens with zero attached hydrogens (tertiary/aromatic N) is 1. The van der Waals surface area contributed by atoms with Gasteiger partial charge < -0.3 is 4.90 Å². The van der Waals surface area contributed by atoms with Crippen LogP contribution in [0.15, 0.2) is 24.3 Å². The van der Waals surface area contributed by atoms with Gasteiger partial charge in [-0.15, -0.1) is 0 Å². The van der Waals surface area contributed by atoms with E-state index < -0.39 is 0 Å². The molecule has 0 saturated heterocycles. The minimum absolute atomic E-state index is 0.0579. The number of carbonyl (C=O) groups excluding carboxylic acids is 2. The molecular formula is C16H21NO2. The van der Waals surface area contributed by atoms with Gasteiger partial charge in [0.05, 0.1) is 0 Å². The van der Waals surface area contributed by atoms with Crippen molar-refractivity contribution < 1.29 is 9.59 Å². The fraction of sp³-hybridized carbons (Fsp3) is 0.500. The number of amides is 1. The lowest BCUT2D eigenvalue weighted by atomic mass is 10.0. The van der Waals surface area contributed by atoms with Gasteiger partial charge in [0.2, 0.25) is 6.41 Å². The SMILES string of the molecule is CN(C=O)c1ccc(C(=O)C2C(C)(C)C2(C)C)cc1. The highest BCUT2D eigenvalue weighted by Crippen LogP contribution is 2.69. The lowest BCUT2D eigenvalue weighted by Crippen LogP contribution is -2.14. The van der Waals surface area contributed by atoms with E-state index in [4.69, 9.17) is 0 Å². The number of carbonyl (C=O) groups is 2. The molecule has 1 amide bonds. The van der Waals surface area contributed by atoms with E-state index in [2.05, 4.69) is 27.7 Å². The molecule has 1 aromatic rings. The second kappa shape index (κ2) is 4.19. The highest BCUT2D eigenvalue weighted by atomic mass is 16.1. The van der Waals surface area contributed by atoms with E-state index >= 15 is 0 Å². The van der Waals surface area contributed by atoms with Crippen molar-refractivity contribution in [2.75, 3.05) is 11.9 Å². The minimum Gasteiger partial charge on any atom is -0.318 e. The van der Waals surface area contributed by atoms with Gasteiger partial charge in [0.1, 0.15) is 0 Å². The van der Waals surface area contributed by atoms with Crippen molar-refractivity contribution in [2.24, 2.45) is 16.7 Å². The Hall–Kier alpha value is -1.64. The smallest absolute Gasteiger partial charge is 0.213 e. The molecule has 0 aliphatic heterocycles. The molecule has 0 radical (unpaired) electrons. The van der Waals surface area contributed by atoms with Crippen LogP contribution in [-0.2, 0) is 4.79 Å². The van der Waals surface area contributed by atoms with Crippen molar-refractivity contribution in [3.63, 3.8) is 0 Å². The van der Waals surface area contributed by atoms with Gasteiger partial charge in [-0.1, -0.05) is 27.7 Å². The molecule has 2 rings (SSSR count). The van der Waals surface area contributed by atoms with Gasteiger partial charge in [-0.25, -0.2) is 0 Å². The molecule has 0 N–H and O–H groups in total. The summed E-state index contributed by atoms with van der Waals surface area (Å²) < 4.78 is 0. The zero-order valence-corrected chi connectivity index (χ0v) is 12.2. The van der Waals surface area contributed by atoms with E-state index in [0.717, 1.165) is 17.7 Å². The number of Topliss-reactive ketones (excluding diaryl/α,β-unsaturated/α-hetero) is 1. The van der Waals surface area contributed by atoms with Crippen molar-refractivity contribution in [3.05, 3.63) is 29.8 Å². The third kappa shape index (κ3) is 1.97. The first kappa shape index (κ1) is 13.8. The van der Waals surface area contributed by atoms with Crippen LogP contribution in [0.3, 0.4) is 0 Å². The van der Waals surface area contributed by atoms with Gasteiger partial charge in [0, 0.05) is 24.2 Å². The summed E-state index contributed by atoms with van der Waals surface area (Å²) in [6, 6.07) is 7.23. The molecule has 102 valence electrons. The summed E-state index contributed by atoms with van der Waals surface area (Å²) >= 11 is 0. The first-order valence-electron chi connectivity index (χ1n) is 6.56. The van der Waals surface area contributed by atoms with E-state index in [1.807, 2.05) is 24.3 Å². The first-order valence-corrected chi connectivity index (χ1v) is 6.56. The number of hydrogen-bond acceptors (Lipinski definition) is 2. The molecular weight excluding hydrogens is 238 g/mol. The molecule has 0 aromatic heterocycles. The maximum atomic E-state index is 12.5. The maximum Gasteiger partial charge on any atom is 0.213 e. The van der Waals surface area contributed by atoms with Crippen LogP contribution in [0.25, 0.3) is 0 Å². The Morgan fingerprint density at radius 3 is 1.95 bits per heavy atom. The van der Waals surface area contributed by atoms with Crippen LogP contribution in [0.1, 0.15) is 38.1 Å². The van der Waals surface area contributed by atoms with Gasteiger partial charge in [0.25, 0.3) is 0 Å². The molecule has 1 fully saturated rings. The Bertz CT molecular complexity index is 500. The Morgan fingerprint density at radius 1 is 1.11 bits per heavy atom. The summed E-state index contributed by atoms with van der Waals surface area (Å²) in [7, 11) is 1.69. The van der Waals surface area contributed by atoms with Crippen LogP contribution in [0.2, 0.25) is 0 Å². The van der Waals surface area contributed by atoms with E-state index in [0.29, 0.717) is 0 Å². The minimum atomic E-state index is 0.0579. The molecule has 0 bridgehead atoms. The summed E-state index contributed by atoms with van der Waals surface area (Å²) in [5, 5.41) is 0. The topological polar surface area (TPSA) is 37.4 Å². The molecule has 1 aromatic carbocycles. The molecule has 0 atom stereocenters. The molecule has 1 saturated carbocycles. The van der Waals surface area contributed by atoms with E-state index in [1.165, 1.54) is 4.90 Å². The number of benzene rings is 1. The van der Waals surface area contributed by atoms with Crippen molar-refractivity contribution in [1.29, 1.82) is 0 Å². The normalized spacial score (nSPS) is 19.8. The van der Waals surface area contributed by atoms with Crippen molar-refractivity contribution >= 4 is 17.9 Å². The fourth-order valence-electron chi connectivity index (χ4n) is 2.94. The van der Waals surface area contributed by atoms with Gasteiger partial charge in [-0.3, -0.25) is 9.59 Å². The zero-order chi connectivity index (χ0) is 14.4. The van der Waals surface area contributed by atoms with Crippen molar-refractivity contribution in [2.45, 2.75) is 27.7 Å². The predicted molar refractivity (Wildman–Crippen MR) is 76.3 cm³/mol. The average molecular weight is 259 g/mol. The summed E-state index contributed by atoms with van der Waals surface area (Å²) in [5.74, 6) is 0.282. The highest BCUT2D eigenvalue weighted by molar-refractivity contribution is 6.01. The monoisotopic (exact) mass is 259 g/mol. The second-order valence-electron chi connectivity index (χ2n) is 6.50. The van der Waals surface area contributed by atoms with Crippen LogP contribution in [-0.4, -0.2) is 19.2 Å². The van der Waals surface area contributed by atoms with Gasteiger partial charge in [-0.05, 0) is 35.1 Å². The Kier molecular flexibility index (Phi) is 3.04. The second-order valence-corrected chi connectivity index (χ2v) is 6.50. The summed E-state index contributed by atoms with van der Waals surface area (Å²) in [6.07, 6.45) is 0.754. The Balaban J connectivity index is 2.21. The summed E-state index contributed by atoms with van der Waals surface area (Å²) in [5.41, 5.74) is 1.64. The predicted octanol–water partition coefficient (Wildman–Crippen LogP) is 3.14. The van der Waals surface area contributed by atoms with Crippen LogP contribution >= 0.6 is 0 Å².